The molecule has 1 rings (SSSR count). The number of carbonyl (C=O) groups excluding carboxylic acids is 2. The SMILES string of the molecule is CCC1NCC(=O)N(CCO)C1=O. The zero-order valence-corrected chi connectivity index (χ0v) is 7.62. The van der Waals surface area contributed by atoms with Crippen molar-refractivity contribution in [1.82, 2.24) is 10.2 Å². The number of hydrogen-bond donors (Lipinski definition) is 2. The van der Waals surface area contributed by atoms with Crippen molar-refractivity contribution >= 4 is 11.8 Å². The molecule has 0 radical (unpaired) electrons. The fraction of sp³-hybridized carbons (Fsp3) is 0.750. The molecule has 13 heavy (non-hydrogen) atoms. The first-order valence-electron chi connectivity index (χ1n) is 4.39. The molecule has 1 aliphatic heterocycles. The van der Waals surface area contributed by atoms with Gasteiger partial charge in [-0.15, -0.1) is 0 Å². The van der Waals surface area contributed by atoms with E-state index in [9.17, 15) is 9.59 Å². The molecule has 1 aliphatic rings. The number of aliphatic hydroxyl groups is 1. The second-order valence-corrected chi connectivity index (χ2v) is 2.95. The highest BCUT2D eigenvalue weighted by atomic mass is 16.3. The molecule has 1 fully saturated rings. The first-order valence-corrected chi connectivity index (χ1v) is 4.39. The smallest absolute Gasteiger partial charge is 0.246 e. The van der Waals surface area contributed by atoms with E-state index >= 15 is 0 Å². The normalized spacial score (nSPS) is 23.8. The van der Waals surface area contributed by atoms with Gasteiger partial charge in [-0.05, 0) is 6.42 Å². The molecule has 2 amide bonds. The van der Waals surface area contributed by atoms with Crippen molar-refractivity contribution in [2.45, 2.75) is 19.4 Å². The van der Waals surface area contributed by atoms with Crippen molar-refractivity contribution in [3.63, 3.8) is 0 Å². The Morgan fingerprint density at radius 3 is 2.85 bits per heavy atom. The Morgan fingerprint density at radius 1 is 1.62 bits per heavy atom. The Balaban J connectivity index is 2.66. The standard InChI is InChI=1S/C8H14N2O3/c1-2-6-8(13)10(3-4-11)7(12)5-9-6/h6,9,11H,2-5H2,1H3. The van der Waals surface area contributed by atoms with Crippen LogP contribution in [0.3, 0.4) is 0 Å². The van der Waals surface area contributed by atoms with Gasteiger partial charge in [-0.2, -0.15) is 0 Å². The molecule has 0 spiro atoms. The number of carbonyl (C=O) groups is 2. The van der Waals surface area contributed by atoms with Crippen molar-refractivity contribution in [1.29, 1.82) is 0 Å². The van der Waals surface area contributed by atoms with Gasteiger partial charge in [0.05, 0.1) is 25.7 Å². The summed E-state index contributed by atoms with van der Waals surface area (Å²) in [6.07, 6.45) is 0.661. The summed E-state index contributed by atoms with van der Waals surface area (Å²) in [5, 5.41) is 11.5. The molecule has 1 saturated heterocycles. The third-order valence-electron chi connectivity index (χ3n) is 2.10. The third-order valence-corrected chi connectivity index (χ3v) is 2.10. The molecule has 74 valence electrons. The van der Waals surface area contributed by atoms with Crippen LogP contribution in [-0.4, -0.2) is 47.6 Å². The number of aliphatic hydroxyl groups excluding tert-OH is 1. The topological polar surface area (TPSA) is 69.6 Å². The van der Waals surface area contributed by atoms with E-state index in [1.165, 1.54) is 0 Å². The zero-order valence-electron chi connectivity index (χ0n) is 7.62. The van der Waals surface area contributed by atoms with Crippen LogP contribution in [0.25, 0.3) is 0 Å². The summed E-state index contributed by atoms with van der Waals surface area (Å²) in [6, 6.07) is -0.274. The second-order valence-electron chi connectivity index (χ2n) is 2.95. The van der Waals surface area contributed by atoms with Crippen molar-refractivity contribution < 1.29 is 14.7 Å². The van der Waals surface area contributed by atoms with Gasteiger partial charge in [-0.25, -0.2) is 0 Å². The Bertz CT molecular complexity index is 217. The molecule has 0 aromatic carbocycles. The fourth-order valence-electron chi connectivity index (χ4n) is 1.36. The average molecular weight is 186 g/mol. The monoisotopic (exact) mass is 186 g/mol. The number of hydrogen-bond acceptors (Lipinski definition) is 4. The molecular formula is C8H14N2O3. The Kier molecular flexibility index (Phi) is 3.39. The predicted molar refractivity (Wildman–Crippen MR) is 45.9 cm³/mol. The summed E-state index contributed by atoms with van der Waals surface area (Å²) in [5.41, 5.74) is 0. The number of β-amino-alcohol motifs (C(OH)–C–C–N with tert-alkyl or cyclic N) is 1. The lowest BCUT2D eigenvalue weighted by molar-refractivity contribution is -0.149. The molecular weight excluding hydrogens is 172 g/mol. The van der Waals surface area contributed by atoms with E-state index in [0.717, 1.165) is 4.90 Å². The van der Waals surface area contributed by atoms with Crippen LogP contribution < -0.4 is 5.32 Å². The maximum Gasteiger partial charge on any atom is 0.246 e. The maximum absolute atomic E-state index is 11.5. The highest BCUT2D eigenvalue weighted by Crippen LogP contribution is 2.04. The van der Waals surface area contributed by atoms with Gasteiger partial charge in [0.2, 0.25) is 11.8 Å². The van der Waals surface area contributed by atoms with E-state index in [-0.39, 0.29) is 37.6 Å². The van der Waals surface area contributed by atoms with Crippen LogP contribution in [0.1, 0.15) is 13.3 Å². The van der Waals surface area contributed by atoms with Gasteiger partial charge in [-0.1, -0.05) is 6.92 Å². The van der Waals surface area contributed by atoms with Gasteiger partial charge in [-0.3, -0.25) is 19.8 Å². The minimum atomic E-state index is -0.274. The Hall–Kier alpha value is -0.940. The van der Waals surface area contributed by atoms with E-state index in [0.29, 0.717) is 6.42 Å². The number of nitrogens with one attached hydrogen (secondary N) is 1. The lowest BCUT2D eigenvalue weighted by Crippen LogP contribution is -2.58. The van der Waals surface area contributed by atoms with Crippen LogP contribution in [0.4, 0.5) is 0 Å². The maximum atomic E-state index is 11.5. The molecule has 0 aliphatic carbocycles. The molecule has 1 heterocycles. The lowest BCUT2D eigenvalue weighted by atomic mass is 10.1. The van der Waals surface area contributed by atoms with Gasteiger partial charge >= 0.3 is 0 Å². The van der Waals surface area contributed by atoms with Crippen LogP contribution in [0.15, 0.2) is 0 Å². The summed E-state index contributed by atoms with van der Waals surface area (Å²) in [4.78, 5) is 23.8. The Labute approximate surface area is 76.7 Å². The van der Waals surface area contributed by atoms with Gasteiger partial charge in [0.25, 0.3) is 0 Å². The van der Waals surface area contributed by atoms with Crippen LogP contribution in [0.2, 0.25) is 0 Å². The fourth-order valence-corrected chi connectivity index (χ4v) is 1.36. The summed E-state index contributed by atoms with van der Waals surface area (Å²) in [6.45, 7) is 2.00. The number of rotatable bonds is 3. The van der Waals surface area contributed by atoms with E-state index < -0.39 is 0 Å². The van der Waals surface area contributed by atoms with E-state index in [1.807, 2.05) is 6.92 Å². The second kappa shape index (κ2) is 4.34. The number of piperazine rings is 1. The quantitative estimate of drug-likeness (QED) is 0.538. The highest BCUT2D eigenvalue weighted by Gasteiger charge is 2.31. The van der Waals surface area contributed by atoms with Crippen molar-refractivity contribution in [3.8, 4) is 0 Å². The molecule has 5 nitrogen and oxygen atoms in total. The summed E-state index contributed by atoms with van der Waals surface area (Å²) in [5.74, 6) is -0.489. The van der Waals surface area contributed by atoms with Gasteiger partial charge in [0, 0.05) is 0 Å². The summed E-state index contributed by atoms with van der Waals surface area (Å²) >= 11 is 0. The highest BCUT2D eigenvalue weighted by molar-refractivity contribution is 6.01. The van der Waals surface area contributed by atoms with Gasteiger partial charge in [0.15, 0.2) is 0 Å². The zero-order chi connectivity index (χ0) is 9.84. The van der Waals surface area contributed by atoms with E-state index in [4.69, 9.17) is 5.11 Å². The third kappa shape index (κ3) is 2.05. The number of imide groups is 1. The minimum absolute atomic E-state index is 0.107. The van der Waals surface area contributed by atoms with Crippen molar-refractivity contribution in [3.05, 3.63) is 0 Å². The number of nitrogens with zero attached hydrogens (tertiary/aromatic N) is 1. The number of amides is 2. The van der Waals surface area contributed by atoms with Crippen LogP contribution in [-0.2, 0) is 9.59 Å². The lowest BCUT2D eigenvalue weighted by Gasteiger charge is -2.30. The molecule has 0 bridgehead atoms. The molecule has 0 saturated carbocycles. The molecule has 5 heteroatoms. The van der Waals surface area contributed by atoms with E-state index in [1.54, 1.807) is 0 Å². The summed E-state index contributed by atoms with van der Waals surface area (Å²) < 4.78 is 0. The first-order chi connectivity index (χ1) is 6.20. The van der Waals surface area contributed by atoms with Gasteiger partial charge in [0.1, 0.15) is 0 Å². The van der Waals surface area contributed by atoms with Crippen LogP contribution in [0.5, 0.6) is 0 Å². The average Bonchev–Trinajstić information content (AvgIpc) is 2.12. The van der Waals surface area contributed by atoms with E-state index in [2.05, 4.69) is 5.32 Å². The largest absolute Gasteiger partial charge is 0.395 e. The van der Waals surface area contributed by atoms with Crippen molar-refractivity contribution in [2.24, 2.45) is 0 Å². The summed E-state index contributed by atoms with van der Waals surface area (Å²) in [7, 11) is 0. The first kappa shape index (κ1) is 10.1. The molecule has 1 atom stereocenters. The van der Waals surface area contributed by atoms with Crippen LogP contribution in [0, 0.1) is 0 Å². The predicted octanol–water partition coefficient (Wildman–Crippen LogP) is -1.28. The molecule has 1 unspecified atom stereocenters. The van der Waals surface area contributed by atoms with Crippen molar-refractivity contribution in [2.75, 3.05) is 19.7 Å². The Morgan fingerprint density at radius 2 is 2.31 bits per heavy atom. The minimum Gasteiger partial charge on any atom is -0.395 e. The molecule has 0 aromatic heterocycles. The molecule has 2 N–H and O–H groups in total. The van der Waals surface area contributed by atoms with Crippen LogP contribution >= 0.6 is 0 Å². The molecule has 0 aromatic rings. The van der Waals surface area contributed by atoms with Gasteiger partial charge < -0.3 is 5.11 Å².